The molecule has 0 bridgehead atoms. The first-order valence-electron chi connectivity index (χ1n) is 6.04. The Bertz CT molecular complexity index is 636. The van der Waals surface area contributed by atoms with Crippen LogP contribution >= 0.6 is 0 Å². The molecule has 0 unspecified atom stereocenters. The van der Waals surface area contributed by atoms with Gasteiger partial charge in [0.25, 0.3) is 5.69 Å². The minimum Gasteiger partial charge on any atom is -0.481 e. The van der Waals surface area contributed by atoms with Gasteiger partial charge in [0.1, 0.15) is 0 Å². The number of carboxylic acid groups (broad SMARTS) is 1. The maximum absolute atomic E-state index is 12.1. The molecule has 0 saturated heterocycles. The van der Waals surface area contributed by atoms with Crippen LogP contribution in [0, 0.1) is 10.1 Å². The van der Waals surface area contributed by atoms with E-state index in [2.05, 4.69) is 4.72 Å². The summed E-state index contributed by atoms with van der Waals surface area (Å²) in [5, 5.41) is 19.2. The zero-order chi connectivity index (χ0) is 16.3. The normalized spacial score (nSPS) is 12.1. The van der Waals surface area contributed by atoms with Crippen LogP contribution < -0.4 is 4.72 Å². The number of carbonyl (C=O) groups is 1. The molecule has 2 N–H and O–H groups in total. The second kappa shape index (κ2) is 6.19. The molecule has 0 saturated carbocycles. The average molecular weight is 316 g/mol. The minimum absolute atomic E-state index is 0.114. The number of non-ortho nitro benzene ring substituents is 1. The zero-order valence-corrected chi connectivity index (χ0v) is 12.4. The van der Waals surface area contributed by atoms with Crippen LogP contribution in [0.1, 0.15) is 26.7 Å². The van der Waals surface area contributed by atoms with Crippen LogP contribution in [-0.2, 0) is 14.8 Å². The van der Waals surface area contributed by atoms with E-state index in [1.165, 1.54) is 0 Å². The number of rotatable bonds is 7. The van der Waals surface area contributed by atoms with Crippen LogP contribution in [-0.4, -0.2) is 30.0 Å². The fourth-order valence-electron chi connectivity index (χ4n) is 1.64. The number of benzene rings is 1. The SMILES string of the molecule is CC(C)(CCC(=O)O)NS(=O)(=O)c1ccc([N+](=O)[O-])cc1. The molecule has 0 aliphatic carbocycles. The first-order valence-corrected chi connectivity index (χ1v) is 7.52. The third kappa shape index (κ3) is 5.12. The van der Waals surface area contributed by atoms with E-state index >= 15 is 0 Å². The monoisotopic (exact) mass is 316 g/mol. The topological polar surface area (TPSA) is 127 Å². The van der Waals surface area contributed by atoms with Gasteiger partial charge in [-0.2, -0.15) is 0 Å². The molecule has 0 amide bonds. The van der Waals surface area contributed by atoms with E-state index in [4.69, 9.17) is 5.11 Å². The molecule has 0 aliphatic rings. The number of hydrogen-bond donors (Lipinski definition) is 2. The highest BCUT2D eigenvalue weighted by Crippen LogP contribution is 2.19. The number of nitrogens with one attached hydrogen (secondary N) is 1. The molecule has 21 heavy (non-hydrogen) atoms. The van der Waals surface area contributed by atoms with Crippen molar-refractivity contribution in [2.75, 3.05) is 0 Å². The number of aliphatic carboxylic acids is 1. The van der Waals surface area contributed by atoms with Crippen LogP contribution in [0.25, 0.3) is 0 Å². The summed E-state index contributed by atoms with van der Waals surface area (Å²) in [7, 11) is -3.87. The van der Waals surface area contributed by atoms with E-state index in [0.29, 0.717) is 0 Å². The summed E-state index contributed by atoms with van der Waals surface area (Å²) in [6.45, 7) is 3.14. The summed E-state index contributed by atoms with van der Waals surface area (Å²) in [6.07, 6.45) is -0.0513. The van der Waals surface area contributed by atoms with Gasteiger partial charge in [0.2, 0.25) is 10.0 Å². The van der Waals surface area contributed by atoms with Crippen LogP contribution in [0.4, 0.5) is 5.69 Å². The van der Waals surface area contributed by atoms with Gasteiger partial charge in [-0.05, 0) is 32.4 Å². The molecule has 0 aromatic heterocycles. The molecule has 8 nitrogen and oxygen atoms in total. The Morgan fingerprint density at radius 2 is 1.86 bits per heavy atom. The van der Waals surface area contributed by atoms with Gasteiger partial charge >= 0.3 is 5.97 Å². The Balaban J connectivity index is 2.90. The lowest BCUT2D eigenvalue weighted by atomic mass is 10.0. The second-order valence-corrected chi connectivity index (χ2v) is 6.82. The maximum Gasteiger partial charge on any atom is 0.303 e. The number of hydrogen-bond acceptors (Lipinski definition) is 5. The maximum atomic E-state index is 12.1. The summed E-state index contributed by atoms with van der Waals surface area (Å²) >= 11 is 0. The van der Waals surface area contributed by atoms with Gasteiger partial charge in [-0.3, -0.25) is 14.9 Å². The second-order valence-electron chi connectivity index (χ2n) is 5.13. The predicted octanol–water partition coefficient (Wildman–Crippen LogP) is 1.52. The van der Waals surface area contributed by atoms with Crippen molar-refractivity contribution in [1.82, 2.24) is 4.72 Å². The van der Waals surface area contributed by atoms with Crippen molar-refractivity contribution in [3.05, 3.63) is 34.4 Å². The van der Waals surface area contributed by atoms with Gasteiger partial charge < -0.3 is 5.11 Å². The van der Waals surface area contributed by atoms with Crippen molar-refractivity contribution in [1.29, 1.82) is 0 Å². The summed E-state index contributed by atoms with van der Waals surface area (Å²) in [5.74, 6) is -1.02. The highest BCUT2D eigenvalue weighted by atomic mass is 32.2. The fourth-order valence-corrected chi connectivity index (χ4v) is 3.08. The molecule has 0 atom stereocenters. The molecule has 1 rings (SSSR count). The Kier molecular flexibility index (Phi) is 5.02. The third-order valence-electron chi connectivity index (χ3n) is 2.73. The summed E-state index contributed by atoms with van der Waals surface area (Å²) in [4.78, 5) is 20.3. The van der Waals surface area contributed by atoms with Crippen molar-refractivity contribution in [3.63, 3.8) is 0 Å². The van der Waals surface area contributed by atoms with E-state index in [-0.39, 0.29) is 23.4 Å². The molecule has 0 spiro atoms. The smallest absolute Gasteiger partial charge is 0.303 e. The molecule has 0 heterocycles. The van der Waals surface area contributed by atoms with Crippen molar-refractivity contribution < 1.29 is 23.2 Å². The van der Waals surface area contributed by atoms with Gasteiger partial charge in [-0.15, -0.1) is 0 Å². The average Bonchev–Trinajstić information content (AvgIpc) is 2.35. The number of nitro groups is 1. The number of nitrogens with zero attached hydrogens (tertiary/aromatic N) is 1. The van der Waals surface area contributed by atoms with E-state index in [0.717, 1.165) is 24.3 Å². The first kappa shape index (κ1) is 17.1. The number of sulfonamides is 1. The minimum atomic E-state index is -3.87. The fraction of sp³-hybridized carbons (Fsp3) is 0.417. The van der Waals surface area contributed by atoms with E-state index < -0.39 is 26.5 Å². The lowest BCUT2D eigenvalue weighted by Gasteiger charge is -2.25. The molecular formula is C12H16N2O6S. The predicted molar refractivity (Wildman–Crippen MR) is 74.4 cm³/mol. The molecule has 1 aromatic carbocycles. The standard InChI is InChI=1S/C12H16N2O6S/c1-12(2,8-7-11(15)16)13-21(19,20)10-5-3-9(4-6-10)14(17)18/h3-6,13H,7-8H2,1-2H3,(H,15,16). The summed E-state index contributed by atoms with van der Waals surface area (Å²) in [5.41, 5.74) is -1.15. The molecule has 116 valence electrons. The van der Waals surface area contributed by atoms with Crippen molar-refractivity contribution in [3.8, 4) is 0 Å². The van der Waals surface area contributed by atoms with E-state index in [9.17, 15) is 23.3 Å². The first-order chi connectivity index (χ1) is 9.53. The van der Waals surface area contributed by atoms with E-state index in [1.807, 2.05) is 0 Å². The Labute approximate surface area is 122 Å². The van der Waals surface area contributed by atoms with Crippen LogP contribution in [0.2, 0.25) is 0 Å². The van der Waals surface area contributed by atoms with E-state index in [1.54, 1.807) is 13.8 Å². The van der Waals surface area contributed by atoms with Crippen molar-refractivity contribution >= 4 is 21.7 Å². The Morgan fingerprint density at radius 1 is 1.33 bits per heavy atom. The zero-order valence-electron chi connectivity index (χ0n) is 11.6. The molecule has 0 fully saturated rings. The lowest BCUT2D eigenvalue weighted by Crippen LogP contribution is -2.43. The van der Waals surface area contributed by atoms with Crippen LogP contribution in [0.15, 0.2) is 29.2 Å². The molecule has 0 radical (unpaired) electrons. The highest BCUT2D eigenvalue weighted by molar-refractivity contribution is 7.89. The molecule has 9 heteroatoms. The van der Waals surface area contributed by atoms with Crippen molar-refractivity contribution in [2.45, 2.75) is 37.1 Å². The third-order valence-corrected chi connectivity index (χ3v) is 4.45. The largest absolute Gasteiger partial charge is 0.481 e. The Morgan fingerprint density at radius 3 is 2.29 bits per heavy atom. The summed E-state index contributed by atoms with van der Waals surface area (Å²) in [6, 6.07) is 4.46. The van der Waals surface area contributed by atoms with Crippen LogP contribution in [0.5, 0.6) is 0 Å². The molecular weight excluding hydrogens is 300 g/mol. The Hall–Kier alpha value is -2.00. The van der Waals surface area contributed by atoms with Gasteiger partial charge in [-0.1, -0.05) is 0 Å². The van der Waals surface area contributed by atoms with Crippen molar-refractivity contribution in [2.24, 2.45) is 0 Å². The van der Waals surface area contributed by atoms with Gasteiger partial charge in [0.05, 0.1) is 9.82 Å². The summed E-state index contributed by atoms with van der Waals surface area (Å²) < 4.78 is 26.7. The van der Waals surface area contributed by atoms with Gasteiger partial charge in [-0.25, -0.2) is 13.1 Å². The highest BCUT2D eigenvalue weighted by Gasteiger charge is 2.27. The van der Waals surface area contributed by atoms with Gasteiger partial charge in [0, 0.05) is 24.1 Å². The molecule has 1 aromatic rings. The number of nitro benzene ring substituents is 1. The quantitative estimate of drug-likeness (QED) is 0.580. The lowest BCUT2D eigenvalue weighted by molar-refractivity contribution is -0.384. The van der Waals surface area contributed by atoms with Crippen LogP contribution in [0.3, 0.4) is 0 Å². The number of carboxylic acids is 1. The molecule has 0 aliphatic heterocycles. The van der Waals surface area contributed by atoms with Gasteiger partial charge in [0.15, 0.2) is 0 Å².